The van der Waals surface area contributed by atoms with Gasteiger partial charge in [-0.25, -0.2) is 0 Å². The molecule has 2 aliphatic rings. The minimum atomic E-state index is 0. The van der Waals surface area contributed by atoms with Gasteiger partial charge in [0.05, 0.1) is 6.54 Å². The standard InChI is InChI=1S/C16H22N2O.ClH/c19-15(11-17-10-13-6-7-13)18-12-16(8-9-16)14-4-2-1-3-5-14;/h1-5,13,17H,6-12H2,(H,18,19);1H. The van der Waals surface area contributed by atoms with E-state index >= 15 is 0 Å². The lowest BCUT2D eigenvalue weighted by Gasteiger charge is -2.16. The highest BCUT2D eigenvalue weighted by Gasteiger charge is 2.44. The predicted molar refractivity (Wildman–Crippen MR) is 83.2 cm³/mol. The van der Waals surface area contributed by atoms with Crippen molar-refractivity contribution in [1.29, 1.82) is 0 Å². The molecule has 2 aliphatic carbocycles. The van der Waals surface area contributed by atoms with Gasteiger partial charge in [-0.1, -0.05) is 30.3 Å². The molecule has 2 fully saturated rings. The molecule has 20 heavy (non-hydrogen) atoms. The molecule has 3 rings (SSSR count). The van der Waals surface area contributed by atoms with Gasteiger partial charge in [0.25, 0.3) is 0 Å². The van der Waals surface area contributed by atoms with Crippen LogP contribution >= 0.6 is 12.4 Å². The zero-order valence-corrected chi connectivity index (χ0v) is 12.5. The van der Waals surface area contributed by atoms with Crippen molar-refractivity contribution in [1.82, 2.24) is 10.6 Å². The van der Waals surface area contributed by atoms with Gasteiger partial charge in [0.15, 0.2) is 0 Å². The third kappa shape index (κ3) is 3.97. The van der Waals surface area contributed by atoms with E-state index in [9.17, 15) is 4.79 Å². The number of rotatable bonds is 7. The lowest BCUT2D eigenvalue weighted by molar-refractivity contribution is -0.120. The number of halogens is 1. The Morgan fingerprint density at radius 2 is 1.90 bits per heavy atom. The molecule has 2 saturated carbocycles. The van der Waals surface area contributed by atoms with E-state index in [1.807, 2.05) is 6.07 Å². The first-order chi connectivity index (χ1) is 9.28. The van der Waals surface area contributed by atoms with Crippen LogP contribution in [0, 0.1) is 5.92 Å². The van der Waals surface area contributed by atoms with Gasteiger partial charge in [0, 0.05) is 12.0 Å². The van der Waals surface area contributed by atoms with E-state index < -0.39 is 0 Å². The maximum Gasteiger partial charge on any atom is 0.233 e. The molecule has 0 heterocycles. The van der Waals surface area contributed by atoms with Crippen LogP contribution in [0.5, 0.6) is 0 Å². The largest absolute Gasteiger partial charge is 0.354 e. The van der Waals surface area contributed by atoms with Crippen molar-refractivity contribution in [3.05, 3.63) is 35.9 Å². The highest BCUT2D eigenvalue weighted by Crippen LogP contribution is 2.47. The SMILES string of the molecule is Cl.O=C(CNCC1CC1)NCC1(c2ccccc2)CC1. The van der Waals surface area contributed by atoms with Crippen molar-refractivity contribution in [3.63, 3.8) is 0 Å². The van der Waals surface area contributed by atoms with Gasteiger partial charge < -0.3 is 10.6 Å². The van der Waals surface area contributed by atoms with Crippen LogP contribution in [0.3, 0.4) is 0 Å². The first kappa shape index (κ1) is 15.3. The molecule has 1 aromatic carbocycles. The van der Waals surface area contributed by atoms with Gasteiger partial charge in [-0.05, 0) is 43.7 Å². The fourth-order valence-electron chi connectivity index (χ4n) is 2.55. The van der Waals surface area contributed by atoms with Crippen LogP contribution in [0.2, 0.25) is 0 Å². The summed E-state index contributed by atoms with van der Waals surface area (Å²) in [6.45, 7) is 2.24. The van der Waals surface area contributed by atoms with Crippen LogP contribution in [0.1, 0.15) is 31.2 Å². The molecule has 110 valence electrons. The van der Waals surface area contributed by atoms with E-state index in [-0.39, 0.29) is 23.7 Å². The fraction of sp³-hybridized carbons (Fsp3) is 0.562. The van der Waals surface area contributed by atoms with Crippen LogP contribution in [0.15, 0.2) is 30.3 Å². The number of carbonyl (C=O) groups excluding carboxylic acids is 1. The average Bonchev–Trinajstić information content (AvgIpc) is 3.33. The predicted octanol–water partition coefficient (Wildman–Crippen LogP) is 2.26. The molecular formula is C16H23ClN2O. The normalized spacial score (nSPS) is 19.0. The van der Waals surface area contributed by atoms with Crippen molar-refractivity contribution in [2.75, 3.05) is 19.6 Å². The summed E-state index contributed by atoms with van der Waals surface area (Å²) >= 11 is 0. The second kappa shape index (κ2) is 6.59. The third-order valence-corrected chi connectivity index (χ3v) is 4.28. The van der Waals surface area contributed by atoms with E-state index in [4.69, 9.17) is 0 Å². The minimum Gasteiger partial charge on any atom is -0.354 e. The van der Waals surface area contributed by atoms with Crippen molar-refractivity contribution in [3.8, 4) is 0 Å². The topological polar surface area (TPSA) is 41.1 Å². The Labute approximate surface area is 126 Å². The van der Waals surface area contributed by atoms with Gasteiger partial charge in [-0.3, -0.25) is 4.79 Å². The summed E-state index contributed by atoms with van der Waals surface area (Å²) in [6, 6.07) is 10.5. The van der Waals surface area contributed by atoms with Crippen LogP contribution in [-0.2, 0) is 10.2 Å². The van der Waals surface area contributed by atoms with Crippen molar-refractivity contribution in [2.45, 2.75) is 31.1 Å². The third-order valence-electron chi connectivity index (χ3n) is 4.28. The van der Waals surface area contributed by atoms with Crippen molar-refractivity contribution >= 4 is 18.3 Å². The first-order valence-corrected chi connectivity index (χ1v) is 7.31. The van der Waals surface area contributed by atoms with E-state index in [2.05, 4.69) is 34.9 Å². The molecule has 0 spiro atoms. The van der Waals surface area contributed by atoms with E-state index in [1.54, 1.807) is 0 Å². The summed E-state index contributed by atoms with van der Waals surface area (Å²) < 4.78 is 0. The quantitative estimate of drug-likeness (QED) is 0.810. The Bertz CT molecular complexity index is 441. The summed E-state index contributed by atoms with van der Waals surface area (Å²) in [5.74, 6) is 0.953. The number of benzene rings is 1. The Balaban J connectivity index is 0.00000147. The first-order valence-electron chi connectivity index (χ1n) is 7.31. The smallest absolute Gasteiger partial charge is 0.233 e. The average molecular weight is 295 g/mol. The number of hydrogen-bond donors (Lipinski definition) is 2. The zero-order valence-electron chi connectivity index (χ0n) is 11.7. The molecule has 0 bridgehead atoms. The van der Waals surface area contributed by atoms with Crippen LogP contribution < -0.4 is 10.6 Å². The molecule has 0 radical (unpaired) electrons. The lowest BCUT2D eigenvalue weighted by atomic mass is 9.96. The van der Waals surface area contributed by atoms with Crippen LogP contribution in [0.25, 0.3) is 0 Å². The lowest BCUT2D eigenvalue weighted by Crippen LogP contribution is -2.38. The Kier molecular flexibility index (Phi) is 5.06. The molecule has 0 aliphatic heterocycles. The van der Waals surface area contributed by atoms with E-state index in [1.165, 1.54) is 31.2 Å². The van der Waals surface area contributed by atoms with E-state index in [0.29, 0.717) is 6.54 Å². The monoisotopic (exact) mass is 294 g/mol. The molecule has 1 amide bonds. The second-order valence-electron chi connectivity index (χ2n) is 6.00. The summed E-state index contributed by atoms with van der Waals surface area (Å²) in [7, 11) is 0. The Morgan fingerprint density at radius 3 is 2.50 bits per heavy atom. The van der Waals surface area contributed by atoms with Crippen LogP contribution in [-0.4, -0.2) is 25.5 Å². The van der Waals surface area contributed by atoms with E-state index in [0.717, 1.165) is 19.0 Å². The van der Waals surface area contributed by atoms with Gasteiger partial charge in [0.1, 0.15) is 0 Å². The number of hydrogen-bond acceptors (Lipinski definition) is 2. The Hall–Kier alpha value is -1.06. The molecule has 2 N–H and O–H groups in total. The van der Waals surface area contributed by atoms with Gasteiger partial charge in [-0.15, -0.1) is 12.4 Å². The number of nitrogens with one attached hydrogen (secondary N) is 2. The molecule has 4 heteroatoms. The molecule has 3 nitrogen and oxygen atoms in total. The highest BCUT2D eigenvalue weighted by atomic mass is 35.5. The molecule has 0 unspecified atom stereocenters. The highest BCUT2D eigenvalue weighted by molar-refractivity contribution is 5.85. The minimum absolute atomic E-state index is 0. The summed E-state index contributed by atoms with van der Waals surface area (Å²) in [4.78, 5) is 11.8. The molecule has 0 atom stereocenters. The fourth-order valence-corrected chi connectivity index (χ4v) is 2.55. The summed E-state index contributed by atoms with van der Waals surface area (Å²) in [5, 5.41) is 6.31. The van der Waals surface area contributed by atoms with Gasteiger partial charge in [-0.2, -0.15) is 0 Å². The number of carbonyl (C=O) groups is 1. The van der Waals surface area contributed by atoms with Crippen LogP contribution in [0.4, 0.5) is 0 Å². The second-order valence-corrected chi connectivity index (χ2v) is 6.00. The number of amides is 1. The maximum atomic E-state index is 11.8. The van der Waals surface area contributed by atoms with Crippen molar-refractivity contribution in [2.24, 2.45) is 5.92 Å². The summed E-state index contributed by atoms with van der Waals surface area (Å²) in [5.41, 5.74) is 1.58. The molecule has 1 aromatic rings. The summed E-state index contributed by atoms with van der Waals surface area (Å²) in [6.07, 6.45) is 5.02. The maximum absolute atomic E-state index is 11.8. The zero-order chi connectivity index (χ0) is 13.1. The molecule has 0 aromatic heterocycles. The van der Waals surface area contributed by atoms with Crippen molar-refractivity contribution < 1.29 is 4.79 Å². The molecule has 0 saturated heterocycles. The molecular weight excluding hydrogens is 272 g/mol. The van der Waals surface area contributed by atoms with Gasteiger partial charge in [0.2, 0.25) is 5.91 Å². The van der Waals surface area contributed by atoms with Gasteiger partial charge >= 0.3 is 0 Å². The Morgan fingerprint density at radius 1 is 1.20 bits per heavy atom.